The number of carbonyl (C=O) groups is 1. The smallest absolute Gasteiger partial charge is 0.320 e. The normalized spacial score (nSPS) is 28.4. The summed E-state index contributed by atoms with van der Waals surface area (Å²) in [6.07, 6.45) is 6.09. The summed E-state index contributed by atoms with van der Waals surface area (Å²) in [5.74, 6) is 0. The van der Waals surface area contributed by atoms with Gasteiger partial charge in [-0.1, -0.05) is 0 Å². The van der Waals surface area contributed by atoms with Crippen molar-refractivity contribution >= 4 is 6.03 Å². The molecule has 2 heterocycles. The molecule has 1 N–H and O–H groups in total. The van der Waals surface area contributed by atoms with Crippen molar-refractivity contribution in [2.75, 3.05) is 26.2 Å². The molecule has 2 aliphatic heterocycles. The molecule has 2 rings (SSSR count). The number of nitrogens with zero attached hydrogens (tertiary/aromatic N) is 2. The Kier molecular flexibility index (Phi) is 4.87. The van der Waals surface area contributed by atoms with Crippen LogP contribution in [0.25, 0.3) is 0 Å². The zero-order valence-corrected chi connectivity index (χ0v) is 11.8. The Morgan fingerprint density at radius 1 is 1.22 bits per heavy atom. The van der Waals surface area contributed by atoms with Crippen molar-refractivity contribution in [3.63, 3.8) is 0 Å². The highest BCUT2D eigenvalue weighted by Crippen LogP contribution is 2.25. The van der Waals surface area contributed by atoms with Crippen molar-refractivity contribution in [2.45, 2.75) is 58.0 Å². The van der Waals surface area contributed by atoms with Crippen LogP contribution in [0.15, 0.2) is 0 Å². The molecular formula is C14H27N3O. The average Bonchev–Trinajstić information content (AvgIpc) is 2.94. The Balaban J connectivity index is 2.04. The molecule has 2 unspecified atom stereocenters. The van der Waals surface area contributed by atoms with E-state index < -0.39 is 0 Å². The third kappa shape index (κ3) is 2.79. The first-order valence-electron chi connectivity index (χ1n) is 7.56. The van der Waals surface area contributed by atoms with Crippen molar-refractivity contribution in [3.8, 4) is 0 Å². The number of amides is 2. The maximum atomic E-state index is 12.6. The fourth-order valence-electron chi connectivity index (χ4n) is 3.33. The molecule has 0 radical (unpaired) electrons. The van der Waals surface area contributed by atoms with Crippen LogP contribution in [0.3, 0.4) is 0 Å². The van der Waals surface area contributed by atoms with E-state index in [0.29, 0.717) is 12.1 Å². The number of rotatable bonds is 3. The fourth-order valence-corrected chi connectivity index (χ4v) is 3.33. The summed E-state index contributed by atoms with van der Waals surface area (Å²) in [5.41, 5.74) is 0. The summed E-state index contributed by atoms with van der Waals surface area (Å²) >= 11 is 0. The van der Waals surface area contributed by atoms with Crippen LogP contribution in [0.1, 0.15) is 46.0 Å². The van der Waals surface area contributed by atoms with Gasteiger partial charge in [-0.05, 0) is 52.5 Å². The molecule has 18 heavy (non-hydrogen) atoms. The molecule has 0 aliphatic carbocycles. The highest BCUT2D eigenvalue weighted by molar-refractivity contribution is 5.75. The van der Waals surface area contributed by atoms with E-state index in [0.717, 1.165) is 32.6 Å². The lowest BCUT2D eigenvalue weighted by atomic mass is 9.95. The maximum absolute atomic E-state index is 12.6. The standard InChI is InChI=1S/C14H27N3O/c1-3-16(4-2)14(18)17-11-6-5-9-13(17)12-8-7-10-15-12/h12-13,15H,3-11H2,1-2H3. The minimum absolute atomic E-state index is 0.249. The van der Waals surface area contributed by atoms with Crippen LogP contribution in [0.5, 0.6) is 0 Å². The van der Waals surface area contributed by atoms with Gasteiger partial charge in [-0.15, -0.1) is 0 Å². The third-order valence-electron chi connectivity index (χ3n) is 4.39. The minimum Gasteiger partial charge on any atom is -0.325 e. The summed E-state index contributed by atoms with van der Waals surface area (Å²) in [5, 5.41) is 3.57. The van der Waals surface area contributed by atoms with E-state index in [4.69, 9.17) is 0 Å². The molecule has 104 valence electrons. The Morgan fingerprint density at radius 2 is 2.00 bits per heavy atom. The fraction of sp³-hybridized carbons (Fsp3) is 0.929. The predicted molar refractivity (Wildman–Crippen MR) is 73.7 cm³/mol. The topological polar surface area (TPSA) is 35.6 Å². The van der Waals surface area contributed by atoms with Crippen LogP contribution in [-0.4, -0.2) is 54.1 Å². The molecule has 0 spiro atoms. The quantitative estimate of drug-likeness (QED) is 0.835. The number of urea groups is 1. The zero-order valence-electron chi connectivity index (χ0n) is 11.8. The number of piperidine rings is 1. The molecule has 0 aromatic heterocycles. The van der Waals surface area contributed by atoms with Crippen LogP contribution in [0.2, 0.25) is 0 Å². The van der Waals surface area contributed by atoms with Crippen LogP contribution >= 0.6 is 0 Å². The molecule has 0 aromatic carbocycles. The Bertz CT molecular complexity index is 272. The van der Waals surface area contributed by atoms with Gasteiger partial charge in [-0.2, -0.15) is 0 Å². The van der Waals surface area contributed by atoms with E-state index in [2.05, 4.69) is 24.1 Å². The number of hydrogen-bond donors (Lipinski definition) is 1. The van der Waals surface area contributed by atoms with E-state index in [9.17, 15) is 4.79 Å². The lowest BCUT2D eigenvalue weighted by Crippen LogP contribution is -2.56. The van der Waals surface area contributed by atoms with Gasteiger partial charge in [0, 0.05) is 31.7 Å². The maximum Gasteiger partial charge on any atom is 0.320 e. The lowest BCUT2D eigenvalue weighted by molar-refractivity contribution is 0.105. The van der Waals surface area contributed by atoms with Crippen LogP contribution < -0.4 is 5.32 Å². The average molecular weight is 253 g/mol. The number of likely N-dealkylation sites (tertiary alicyclic amines) is 1. The molecule has 0 aromatic rings. The van der Waals surface area contributed by atoms with E-state index >= 15 is 0 Å². The zero-order chi connectivity index (χ0) is 13.0. The van der Waals surface area contributed by atoms with Crippen molar-refractivity contribution in [3.05, 3.63) is 0 Å². The lowest BCUT2D eigenvalue weighted by Gasteiger charge is -2.41. The van der Waals surface area contributed by atoms with E-state index in [-0.39, 0.29) is 6.03 Å². The van der Waals surface area contributed by atoms with Gasteiger partial charge in [-0.3, -0.25) is 0 Å². The first-order chi connectivity index (χ1) is 8.77. The highest BCUT2D eigenvalue weighted by atomic mass is 16.2. The van der Waals surface area contributed by atoms with Gasteiger partial charge in [0.05, 0.1) is 0 Å². The van der Waals surface area contributed by atoms with E-state index in [1.54, 1.807) is 0 Å². The van der Waals surface area contributed by atoms with Gasteiger partial charge in [0.1, 0.15) is 0 Å². The van der Waals surface area contributed by atoms with Gasteiger partial charge in [0.2, 0.25) is 0 Å². The van der Waals surface area contributed by atoms with E-state index in [1.807, 2.05) is 4.90 Å². The van der Waals surface area contributed by atoms with Crippen molar-refractivity contribution in [1.29, 1.82) is 0 Å². The van der Waals surface area contributed by atoms with Crippen LogP contribution in [0, 0.1) is 0 Å². The molecule has 0 bridgehead atoms. The molecule has 2 saturated heterocycles. The highest BCUT2D eigenvalue weighted by Gasteiger charge is 2.35. The first kappa shape index (κ1) is 13.7. The van der Waals surface area contributed by atoms with Gasteiger partial charge >= 0.3 is 6.03 Å². The monoisotopic (exact) mass is 253 g/mol. The predicted octanol–water partition coefficient (Wildman–Crippen LogP) is 2.05. The summed E-state index contributed by atoms with van der Waals surface area (Å²) in [7, 11) is 0. The SMILES string of the molecule is CCN(CC)C(=O)N1CCCCC1C1CCCN1. The molecule has 0 saturated carbocycles. The van der Waals surface area contributed by atoms with Gasteiger partial charge in [-0.25, -0.2) is 4.79 Å². The molecule has 4 heteroatoms. The Hall–Kier alpha value is -0.770. The Labute approximate surface area is 111 Å². The summed E-state index contributed by atoms with van der Waals surface area (Å²) in [4.78, 5) is 16.6. The molecule has 2 aliphatic rings. The summed E-state index contributed by atoms with van der Waals surface area (Å²) < 4.78 is 0. The van der Waals surface area contributed by atoms with Crippen molar-refractivity contribution in [2.24, 2.45) is 0 Å². The molecule has 2 amide bonds. The third-order valence-corrected chi connectivity index (χ3v) is 4.39. The van der Waals surface area contributed by atoms with Crippen molar-refractivity contribution in [1.82, 2.24) is 15.1 Å². The van der Waals surface area contributed by atoms with Crippen molar-refractivity contribution < 1.29 is 4.79 Å². The van der Waals surface area contributed by atoms with Gasteiger partial charge in [0.25, 0.3) is 0 Å². The van der Waals surface area contributed by atoms with Gasteiger partial charge in [0.15, 0.2) is 0 Å². The van der Waals surface area contributed by atoms with Crippen LogP contribution in [-0.2, 0) is 0 Å². The molecule has 4 nitrogen and oxygen atoms in total. The molecular weight excluding hydrogens is 226 g/mol. The summed E-state index contributed by atoms with van der Waals surface area (Å²) in [6, 6.07) is 1.21. The van der Waals surface area contributed by atoms with Crippen LogP contribution in [0.4, 0.5) is 4.79 Å². The minimum atomic E-state index is 0.249. The second kappa shape index (κ2) is 6.41. The second-order valence-electron chi connectivity index (χ2n) is 5.41. The van der Waals surface area contributed by atoms with Gasteiger partial charge < -0.3 is 15.1 Å². The Morgan fingerprint density at radius 3 is 2.61 bits per heavy atom. The largest absolute Gasteiger partial charge is 0.325 e. The second-order valence-corrected chi connectivity index (χ2v) is 5.41. The summed E-state index contributed by atoms with van der Waals surface area (Å²) in [6.45, 7) is 7.82. The number of hydrogen-bond acceptors (Lipinski definition) is 2. The number of nitrogens with one attached hydrogen (secondary N) is 1. The first-order valence-corrected chi connectivity index (χ1v) is 7.56. The molecule has 2 atom stereocenters. The molecule has 2 fully saturated rings. The van der Waals surface area contributed by atoms with E-state index in [1.165, 1.54) is 25.7 Å². The number of carbonyl (C=O) groups excluding carboxylic acids is 1.